The van der Waals surface area contributed by atoms with Gasteiger partial charge in [-0.15, -0.1) is 0 Å². The van der Waals surface area contributed by atoms with Crippen LogP contribution in [0.1, 0.15) is 29.8 Å². The lowest BCUT2D eigenvalue weighted by atomic mass is 9.86. The Kier molecular flexibility index (Phi) is 3.94. The lowest BCUT2D eigenvalue weighted by Crippen LogP contribution is -2.26. The minimum Gasteiger partial charge on any atom is -0.325 e. The van der Waals surface area contributed by atoms with Crippen LogP contribution in [0, 0.1) is 0 Å². The summed E-state index contributed by atoms with van der Waals surface area (Å²) in [6.45, 7) is 3.71. The van der Waals surface area contributed by atoms with Gasteiger partial charge in [0.1, 0.15) is 0 Å². The highest BCUT2D eigenvalue weighted by Crippen LogP contribution is 2.38. The van der Waals surface area contributed by atoms with Crippen molar-refractivity contribution in [2.75, 3.05) is 10.6 Å². The molecule has 1 aliphatic rings. The van der Waals surface area contributed by atoms with Crippen molar-refractivity contribution in [1.29, 1.82) is 0 Å². The Morgan fingerprint density at radius 2 is 1.96 bits per heavy atom. The highest BCUT2D eigenvalue weighted by molar-refractivity contribution is 9.10. The second-order valence-corrected chi connectivity index (χ2v) is 7.30. The van der Waals surface area contributed by atoms with Crippen LogP contribution in [0.15, 0.2) is 40.9 Å². The number of hydrogen-bond donors (Lipinski definition) is 2. The number of anilines is 2. The minimum atomic E-state index is -0.616. The molecule has 1 heterocycles. The summed E-state index contributed by atoms with van der Waals surface area (Å²) < 4.78 is 0.736. The summed E-state index contributed by atoms with van der Waals surface area (Å²) in [4.78, 5) is 24.3. The van der Waals surface area contributed by atoms with Crippen LogP contribution in [-0.2, 0) is 10.2 Å². The zero-order valence-corrected chi connectivity index (χ0v) is 14.9. The van der Waals surface area contributed by atoms with Gasteiger partial charge >= 0.3 is 0 Å². The van der Waals surface area contributed by atoms with Crippen LogP contribution >= 0.6 is 27.5 Å². The van der Waals surface area contributed by atoms with Crippen molar-refractivity contribution in [3.63, 3.8) is 0 Å². The second kappa shape index (κ2) is 5.65. The summed E-state index contributed by atoms with van der Waals surface area (Å²) in [6, 6.07) is 10.4. The number of carbonyl (C=O) groups is 2. The van der Waals surface area contributed by atoms with E-state index in [0.717, 1.165) is 15.7 Å². The van der Waals surface area contributed by atoms with E-state index in [1.54, 1.807) is 30.3 Å². The van der Waals surface area contributed by atoms with Crippen molar-refractivity contribution in [1.82, 2.24) is 0 Å². The molecule has 2 N–H and O–H groups in total. The Morgan fingerprint density at radius 3 is 2.65 bits per heavy atom. The molecule has 23 heavy (non-hydrogen) atoms. The standard InChI is InChI=1S/C17H14BrClN2O2/c1-17(2)13-8-12(3-4-14(13)21-16(17)23)20-15(22)9-5-10(18)7-11(19)6-9/h3-8H,1-2H3,(H,20,22)(H,21,23). The highest BCUT2D eigenvalue weighted by Gasteiger charge is 2.38. The quantitative estimate of drug-likeness (QED) is 0.784. The molecule has 0 atom stereocenters. The molecule has 118 valence electrons. The number of rotatable bonds is 2. The summed E-state index contributed by atoms with van der Waals surface area (Å²) in [7, 11) is 0. The predicted octanol–water partition coefficient (Wildman–Crippen LogP) is 4.58. The van der Waals surface area contributed by atoms with E-state index in [0.29, 0.717) is 16.3 Å². The fourth-order valence-corrected chi connectivity index (χ4v) is 3.40. The van der Waals surface area contributed by atoms with E-state index in [9.17, 15) is 9.59 Å². The number of fused-ring (bicyclic) bond motifs is 1. The summed E-state index contributed by atoms with van der Waals surface area (Å²) >= 11 is 9.29. The zero-order chi connectivity index (χ0) is 16.8. The van der Waals surface area contributed by atoms with E-state index in [1.165, 1.54) is 0 Å². The van der Waals surface area contributed by atoms with Crippen LogP contribution in [0.4, 0.5) is 11.4 Å². The third-order valence-corrected chi connectivity index (χ3v) is 4.57. The average Bonchev–Trinajstić information content (AvgIpc) is 2.68. The van der Waals surface area contributed by atoms with Crippen LogP contribution in [0.3, 0.4) is 0 Å². The molecular weight excluding hydrogens is 380 g/mol. The fraction of sp³-hybridized carbons (Fsp3) is 0.176. The molecule has 0 unspecified atom stereocenters. The van der Waals surface area contributed by atoms with E-state index in [1.807, 2.05) is 19.9 Å². The van der Waals surface area contributed by atoms with Gasteiger partial charge in [0.15, 0.2) is 0 Å². The average molecular weight is 394 g/mol. The molecule has 4 nitrogen and oxygen atoms in total. The lowest BCUT2D eigenvalue weighted by molar-refractivity contribution is -0.119. The topological polar surface area (TPSA) is 58.2 Å². The van der Waals surface area contributed by atoms with Gasteiger partial charge in [-0.25, -0.2) is 0 Å². The van der Waals surface area contributed by atoms with Gasteiger partial charge in [-0.05, 0) is 55.8 Å². The van der Waals surface area contributed by atoms with Crippen molar-refractivity contribution < 1.29 is 9.59 Å². The molecule has 2 aromatic rings. The third kappa shape index (κ3) is 2.99. The maximum Gasteiger partial charge on any atom is 0.255 e. The smallest absolute Gasteiger partial charge is 0.255 e. The Bertz CT molecular complexity index is 813. The Labute approximate surface area is 147 Å². The van der Waals surface area contributed by atoms with Gasteiger partial charge < -0.3 is 10.6 Å². The summed E-state index contributed by atoms with van der Waals surface area (Å²) in [6.07, 6.45) is 0. The van der Waals surface area contributed by atoms with E-state index in [-0.39, 0.29) is 11.8 Å². The van der Waals surface area contributed by atoms with Crippen LogP contribution in [0.5, 0.6) is 0 Å². The largest absolute Gasteiger partial charge is 0.325 e. The molecule has 1 aliphatic heterocycles. The number of carbonyl (C=O) groups excluding carboxylic acids is 2. The Hall–Kier alpha value is -1.85. The van der Waals surface area contributed by atoms with Crippen LogP contribution in [0.2, 0.25) is 5.02 Å². The number of benzene rings is 2. The van der Waals surface area contributed by atoms with Crippen molar-refractivity contribution in [3.05, 3.63) is 57.0 Å². The van der Waals surface area contributed by atoms with Crippen molar-refractivity contribution in [2.45, 2.75) is 19.3 Å². The molecule has 0 fully saturated rings. The van der Waals surface area contributed by atoms with Gasteiger partial charge in [-0.2, -0.15) is 0 Å². The molecule has 2 amide bonds. The van der Waals surface area contributed by atoms with E-state index in [4.69, 9.17) is 11.6 Å². The van der Waals surface area contributed by atoms with Crippen molar-refractivity contribution >= 4 is 50.7 Å². The molecule has 3 rings (SSSR count). The molecule has 2 aromatic carbocycles. The van der Waals surface area contributed by atoms with Gasteiger partial charge in [0.2, 0.25) is 5.91 Å². The van der Waals surface area contributed by atoms with Crippen LogP contribution in [-0.4, -0.2) is 11.8 Å². The molecule has 0 radical (unpaired) electrons. The molecule has 6 heteroatoms. The van der Waals surface area contributed by atoms with Gasteiger partial charge in [-0.1, -0.05) is 27.5 Å². The lowest BCUT2D eigenvalue weighted by Gasteiger charge is -2.16. The van der Waals surface area contributed by atoms with Gasteiger partial charge in [-0.3, -0.25) is 9.59 Å². The maximum absolute atomic E-state index is 12.4. The summed E-state index contributed by atoms with van der Waals surface area (Å²) in [5.41, 5.74) is 2.12. The van der Waals surface area contributed by atoms with Gasteiger partial charge in [0.05, 0.1) is 5.41 Å². The van der Waals surface area contributed by atoms with E-state index < -0.39 is 5.41 Å². The molecular formula is C17H14BrClN2O2. The Morgan fingerprint density at radius 1 is 1.22 bits per heavy atom. The molecule has 0 aromatic heterocycles. The Balaban J connectivity index is 1.89. The minimum absolute atomic E-state index is 0.0465. The molecule has 0 aliphatic carbocycles. The molecule has 0 saturated carbocycles. The normalized spacial score (nSPS) is 15.0. The third-order valence-electron chi connectivity index (χ3n) is 3.89. The molecule has 0 bridgehead atoms. The van der Waals surface area contributed by atoms with Crippen LogP contribution in [0.25, 0.3) is 0 Å². The van der Waals surface area contributed by atoms with E-state index >= 15 is 0 Å². The SMILES string of the molecule is CC1(C)C(=O)Nc2ccc(NC(=O)c3cc(Cl)cc(Br)c3)cc21. The number of nitrogens with one attached hydrogen (secondary N) is 2. The number of hydrogen-bond acceptors (Lipinski definition) is 2. The first-order valence-electron chi connectivity index (χ1n) is 7.01. The van der Waals surface area contributed by atoms with Crippen molar-refractivity contribution in [3.8, 4) is 0 Å². The van der Waals surface area contributed by atoms with Gasteiger partial charge in [0.25, 0.3) is 5.91 Å². The van der Waals surface area contributed by atoms with E-state index in [2.05, 4.69) is 26.6 Å². The number of halogens is 2. The first-order chi connectivity index (χ1) is 10.8. The highest BCUT2D eigenvalue weighted by atomic mass is 79.9. The first-order valence-corrected chi connectivity index (χ1v) is 8.18. The summed E-state index contributed by atoms with van der Waals surface area (Å²) in [5.74, 6) is -0.307. The fourth-order valence-electron chi connectivity index (χ4n) is 2.54. The second-order valence-electron chi connectivity index (χ2n) is 5.95. The van der Waals surface area contributed by atoms with Gasteiger partial charge in [0, 0.05) is 26.4 Å². The molecule has 0 saturated heterocycles. The number of amides is 2. The first kappa shape index (κ1) is 16.0. The predicted molar refractivity (Wildman–Crippen MR) is 95.2 cm³/mol. The molecule has 0 spiro atoms. The monoisotopic (exact) mass is 392 g/mol. The summed E-state index contributed by atoms with van der Waals surface area (Å²) in [5, 5.41) is 6.16. The van der Waals surface area contributed by atoms with Crippen LogP contribution < -0.4 is 10.6 Å². The maximum atomic E-state index is 12.4. The zero-order valence-electron chi connectivity index (χ0n) is 12.5. The van der Waals surface area contributed by atoms with Crippen molar-refractivity contribution in [2.24, 2.45) is 0 Å².